The third-order valence-corrected chi connectivity index (χ3v) is 4.01. The van der Waals surface area contributed by atoms with Gasteiger partial charge in [0.1, 0.15) is 5.92 Å². The lowest BCUT2D eigenvalue weighted by atomic mass is 10.0. The Kier molecular flexibility index (Phi) is 4.82. The zero-order valence-electron chi connectivity index (χ0n) is 12.0. The maximum atomic E-state index is 12.3. The molecule has 0 aliphatic carbocycles. The Morgan fingerprint density at radius 1 is 1.30 bits per heavy atom. The van der Waals surface area contributed by atoms with Crippen LogP contribution >= 0.6 is 0 Å². The highest BCUT2D eigenvalue weighted by Crippen LogP contribution is 2.15. The summed E-state index contributed by atoms with van der Waals surface area (Å²) < 4.78 is 5.17. The number of carboxylic acid groups (broad SMARTS) is 1. The van der Waals surface area contributed by atoms with Crippen LogP contribution in [0.3, 0.4) is 0 Å². The number of ether oxygens (including phenoxy) is 1. The van der Waals surface area contributed by atoms with Crippen molar-refractivity contribution in [1.29, 1.82) is 0 Å². The normalized spacial score (nSPS) is 31.9. The minimum absolute atomic E-state index is 0.119. The molecule has 2 aliphatic rings. The molecule has 7 nitrogen and oxygen atoms in total. The summed E-state index contributed by atoms with van der Waals surface area (Å²) in [5, 5.41) is 11.9. The van der Waals surface area contributed by atoms with Gasteiger partial charge in [-0.3, -0.25) is 4.79 Å². The smallest absolute Gasteiger partial charge is 0.318 e. The number of urea groups is 1. The molecule has 2 N–H and O–H groups in total. The number of hydrogen-bond donors (Lipinski definition) is 2. The fraction of sp³-hybridized carbons (Fsp3) is 0.846. The molecule has 7 heteroatoms. The van der Waals surface area contributed by atoms with Gasteiger partial charge in [-0.2, -0.15) is 0 Å². The van der Waals surface area contributed by atoms with E-state index >= 15 is 0 Å². The summed E-state index contributed by atoms with van der Waals surface area (Å²) in [4.78, 5) is 27.4. The van der Waals surface area contributed by atoms with Gasteiger partial charge in [-0.25, -0.2) is 4.79 Å². The Morgan fingerprint density at radius 2 is 2.05 bits per heavy atom. The Hall–Kier alpha value is -1.34. The second-order valence-corrected chi connectivity index (χ2v) is 5.70. The molecule has 3 atom stereocenters. The Balaban J connectivity index is 1.95. The topological polar surface area (TPSA) is 82.1 Å². The van der Waals surface area contributed by atoms with Crippen molar-refractivity contribution in [2.45, 2.75) is 25.4 Å². The zero-order chi connectivity index (χ0) is 14.7. The summed E-state index contributed by atoms with van der Waals surface area (Å²) in [5.74, 6) is -1.57. The van der Waals surface area contributed by atoms with Gasteiger partial charge in [0, 0.05) is 19.1 Å². The number of amides is 2. The van der Waals surface area contributed by atoms with Crippen LogP contribution in [0, 0.1) is 5.92 Å². The molecule has 0 aromatic rings. The highest BCUT2D eigenvalue weighted by molar-refractivity contribution is 5.77. The number of carboxylic acids is 1. The van der Waals surface area contributed by atoms with Gasteiger partial charge in [-0.1, -0.05) is 0 Å². The molecule has 0 saturated carbocycles. The molecule has 114 valence electrons. The van der Waals surface area contributed by atoms with Crippen LogP contribution in [0.2, 0.25) is 0 Å². The summed E-state index contributed by atoms with van der Waals surface area (Å²) in [5.41, 5.74) is 0. The first kappa shape index (κ1) is 15.1. The van der Waals surface area contributed by atoms with Crippen LogP contribution in [0.1, 0.15) is 13.3 Å². The number of likely N-dealkylation sites (N-methyl/N-ethyl adjacent to an activating group) is 1. The number of carbonyl (C=O) groups excluding carboxylic acids is 1. The first-order chi connectivity index (χ1) is 9.49. The Bertz CT molecular complexity index is 377. The van der Waals surface area contributed by atoms with Gasteiger partial charge in [0.2, 0.25) is 0 Å². The molecule has 0 aromatic carbocycles. The van der Waals surface area contributed by atoms with Crippen LogP contribution in [-0.2, 0) is 9.53 Å². The van der Waals surface area contributed by atoms with Gasteiger partial charge in [0.25, 0.3) is 0 Å². The highest BCUT2D eigenvalue weighted by Gasteiger charge is 2.36. The molecule has 3 unspecified atom stereocenters. The second-order valence-electron chi connectivity index (χ2n) is 5.70. The lowest BCUT2D eigenvalue weighted by Gasteiger charge is -2.29. The third-order valence-electron chi connectivity index (χ3n) is 4.01. The van der Waals surface area contributed by atoms with E-state index in [9.17, 15) is 9.59 Å². The van der Waals surface area contributed by atoms with E-state index in [-0.39, 0.29) is 25.3 Å². The standard InChI is InChI=1S/C13H23N3O4/c1-9-6-15(2)4-3-5-16(9)13(19)14-11-8-20-7-10(11)12(17)18/h9-11H,3-8H2,1-2H3,(H,14,19)(H,17,18). The first-order valence-corrected chi connectivity index (χ1v) is 7.05. The van der Waals surface area contributed by atoms with E-state index in [4.69, 9.17) is 9.84 Å². The molecule has 2 fully saturated rings. The molecule has 2 aliphatic heterocycles. The molecular formula is C13H23N3O4. The number of nitrogens with one attached hydrogen (secondary N) is 1. The van der Waals surface area contributed by atoms with E-state index in [1.165, 1.54) is 0 Å². The molecule has 2 saturated heterocycles. The molecule has 0 bridgehead atoms. The second kappa shape index (κ2) is 6.41. The van der Waals surface area contributed by atoms with Crippen molar-refractivity contribution in [2.24, 2.45) is 5.92 Å². The first-order valence-electron chi connectivity index (χ1n) is 7.05. The summed E-state index contributed by atoms with van der Waals surface area (Å²) >= 11 is 0. The molecule has 0 aromatic heterocycles. The lowest BCUT2D eigenvalue weighted by Crippen LogP contribution is -2.52. The zero-order valence-corrected chi connectivity index (χ0v) is 12.0. The van der Waals surface area contributed by atoms with Gasteiger partial charge >= 0.3 is 12.0 Å². The molecule has 0 spiro atoms. The number of carbonyl (C=O) groups is 2. The molecule has 2 amide bonds. The van der Waals surface area contributed by atoms with Gasteiger partial charge in [0.15, 0.2) is 0 Å². The van der Waals surface area contributed by atoms with Crippen molar-refractivity contribution >= 4 is 12.0 Å². The van der Waals surface area contributed by atoms with Crippen LogP contribution in [0.25, 0.3) is 0 Å². The fourth-order valence-electron chi connectivity index (χ4n) is 2.86. The molecule has 2 rings (SSSR count). The highest BCUT2D eigenvalue weighted by atomic mass is 16.5. The predicted octanol–water partition coefficient (Wildman–Crippen LogP) is -0.178. The summed E-state index contributed by atoms with van der Waals surface area (Å²) in [7, 11) is 2.04. The average molecular weight is 285 g/mol. The van der Waals surface area contributed by atoms with Gasteiger partial charge in [-0.15, -0.1) is 0 Å². The van der Waals surface area contributed by atoms with E-state index < -0.39 is 17.9 Å². The Labute approximate surface area is 118 Å². The minimum atomic E-state index is -0.920. The van der Waals surface area contributed by atoms with Crippen LogP contribution in [0.5, 0.6) is 0 Å². The quantitative estimate of drug-likeness (QED) is 0.735. The van der Waals surface area contributed by atoms with E-state index in [1.807, 2.05) is 14.0 Å². The van der Waals surface area contributed by atoms with Gasteiger partial charge in [0.05, 0.1) is 19.3 Å². The van der Waals surface area contributed by atoms with E-state index in [2.05, 4.69) is 10.2 Å². The third kappa shape index (κ3) is 3.40. The Morgan fingerprint density at radius 3 is 2.75 bits per heavy atom. The number of rotatable bonds is 2. The number of aliphatic carboxylic acids is 1. The van der Waals surface area contributed by atoms with Crippen molar-refractivity contribution in [3.63, 3.8) is 0 Å². The monoisotopic (exact) mass is 285 g/mol. The van der Waals surface area contributed by atoms with Crippen LogP contribution in [0.15, 0.2) is 0 Å². The molecular weight excluding hydrogens is 262 g/mol. The average Bonchev–Trinajstić information content (AvgIpc) is 2.75. The van der Waals surface area contributed by atoms with Crippen molar-refractivity contribution in [3.8, 4) is 0 Å². The summed E-state index contributed by atoms with van der Waals surface area (Å²) in [6.45, 7) is 4.95. The molecule has 2 heterocycles. The van der Waals surface area contributed by atoms with E-state index in [0.29, 0.717) is 6.54 Å². The van der Waals surface area contributed by atoms with E-state index in [1.54, 1.807) is 4.90 Å². The van der Waals surface area contributed by atoms with Crippen molar-refractivity contribution in [2.75, 3.05) is 39.9 Å². The summed E-state index contributed by atoms with van der Waals surface area (Å²) in [6, 6.07) is -0.504. The fourth-order valence-corrected chi connectivity index (χ4v) is 2.86. The number of hydrogen-bond acceptors (Lipinski definition) is 4. The molecule has 0 radical (unpaired) electrons. The van der Waals surface area contributed by atoms with E-state index in [0.717, 1.165) is 19.5 Å². The van der Waals surface area contributed by atoms with Crippen LogP contribution in [-0.4, -0.2) is 78.9 Å². The van der Waals surface area contributed by atoms with Crippen molar-refractivity contribution in [1.82, 2.24) is 15.1 Å². The van der Waals surface area contributed by atoms with Crippen molar-refractivity contribution in [3.05, 3.63) is 0 Å². The van der Waals surface area contributed by atoms with Crippen LogP contribution in [0.4, 0.5) is 4.79 Å². The van der Waals surface area contributed by atoms with Crippen molar-refractivity contribution < 1.29 is 19.4 Å². The maximum absolute atomic E-state index is 12.3. The lowest BCUT2D eigenvalue weighted by molar-refractivity contribution is -0.142. The predicted molar refractivity (Wildman–Crippen MR) is 72.5 cm³/mol. The maximum Gasteiger partial charge on any atom is 0.318 e. The minimum Gasteiger partial charge on any atom is -0.481 e. The SMILES string of the molecule is CC1CN(C)CCCN1C(=O)NC1COCC1C(=O)O. The van der Waals surface area contributed by atoms with Gasteiger partial charge < -0.3 is 25.0 Å². The largest absolute Gasteiger partial charge is 0.481 e. The number of nitrogens with zero attached hydrogens (tertiary/aromatic N) is 2. The summed E-state index contributed by atoms with van der Waals surface area (Å²) in [6.07, 6.45) is 0.928. The molecule has 20 heavy (non-hydrogen) atoms. The van der Waals surface area contributed by atoms with Gasteiger partial charge in [-0.05, 0) is 26.9 Å². The van der Waals surface area contributed by atoms with Crippen LogP contribution < -0.4 is 5.32 Å².